The van der Waals surface area contributed by atoms with Crippen molar-refractivity contribution < 1.29 is 9.32 Å². The number of carbonyl (C=O) groups is 1. The molecule has 28 heavy (non-hydrogen) atoms. The fourth-order valence-electron chi connectivity index (χ4n) is 3.49. The normalized spacial score (nSPS) is 14.2. The lowest BCUT2D eigenvalue weighted by molar-refractivity contribution is 0.208. The van der Waals surface area contributed by atoms with Crippen LogP contribution in [0, 0.1) is 13.8 Å². The molecular formula is C22H24N4O2. The summed E-state index contributed by atoms with van der Waals surface area (Å²) in [5, 5.41) is 6.81. The number of piperazine rings is 1. The highest BCUT2D eigenvalue weighted by Gasteiger charge is 2.23. The van der Waals surface area contributed by atoms with E-state index in [0.29, 0.717) is 24.7 Å². The quantitative estimate of drug-likeness (QED) is 0.740. The van der Waals surface area contributed by atoms with E-state index in [1.807, 2.05) is 35.2 Å². The predicted molar refractivity (Wildman–Crippen MR) is 111 cm³/mol. The van der Waals surface area contributed by atoms with E-state index in [4.69, 9.17) is 4.52 Å². The molecule has 1 fully saturated rings. The monoisotopic (exact) mass is 376 g/mol. The third kappa shape index (κ3) is 3.71. The number of nitrogens with zero attached hydrogens (tertiary/aromatic N) is 3. The molecule has 4 rings (SSSR count). The Kier molecular flexibility index (Phi) is 5.02. The fraction of sp³-hybridized carbons (Fsp3) is 0.273. The lowest BCUT2D eigenvalue weighted by Crippen LogP contribution is -2.50. The summed E-state index contributed by atoms with van der Waals surface area (Å²) in [4.78, 5) is 16.8. The lowest BCUT2D eigenvalue weighted by Gasteiger charge is -2.36. The summed E-state index contributed by atoms with van der Waals surface area (Å²) >= 11 is 0. The summed E-state index contributed by atoms with van der Waals surface area (Å²) in [6.45, 7) is 7.24. The van der Waals surface area contributed by atoms with Gasteiger partial charge in [-0.1, -0.05) is 47.6 Å². The fourth-order valence-corrected chi connectivity index (χ4v) is 3.49. The Morgan fingerprint density at radius 2 is 1.75 bits per heavy atom. The highest BCUT2D eigenvalue weighted by atomic mass is 16.5. The molecule has 1 saturated heterocycles. The molecule has 0 unspecified atom stereocenters. The Labute approximate surface area is 164 Å². The van der Waals surface area contributed by atoms with Crippen LogP contribution in [0.5, 0.6) is 0 Å². The van der Waals surface area contributed by atoms with Crippen LogP contribution < -0.4 is 10.2 Å². The van der Waals surface area contributed by atoms with E-state index >= 15 is 0 Å². The smallest absolute Gasteiger partial charge is 0.323 e. The highest BCUT2D eigenvalue weighted by Crippen LogP contribution is 2.25. The first-order valence-corrected chi connectivity index (χ1v) is 9.51. The molecule has 1 N–H and O–H groups in total. The van der Waals surface area contributed by atoms with Gasteiger partial charge in [-0.2, -0.15) is 0 Å². The van der Waals surface area contributed by atoms with Crippen LogP contribution in [0.4, 0.5) is 16.3 Å². The van der Waals surface area contributed by atoms with Crippen LogP contribution in [-0.4, -0.2) is 42.3 Å². The zero-order valence-corrected chi connectivity index (χ0v) is 16.2. The number of benzene rings is 2. The number of urea groups is 1. The maximum Gasteiger partial charge on any atom is 0.323 e. The molecule has 2 aromatic carbocycles. The number of anilines is 2. The SMILES string of the molecule is Cc1cccc(N2CCN(C(=O)Nc3cc(-c4ccccc4)on3)CC2)c1C. The molecule has 6 nitrogen and oxygen atoms in total. The summed E-state index contributed by atoms with van der Waals surface area (Å²) < 4.78 is 5.35. The van der Waals surface area contributed by atoms with Gasteiger partial charge in [0.05, 0.1) is 0 Å². The summed E-state index contributed by atoms with van der Waals surface area (Å²) in [7, 11) is 0. The van der Waals surface area contributed by atoms with Gasteiger partial charge in [0.25, 0.3) is 0 Å². The summed E-state index contributed by atoms with van der Waals surface area (Å²) in [5.74, 6) is 1.07. The van der Waals surface area contributed by atoms with Gasteiger partial charge in [0.2, 0.25) is 0 Å². The molecule has 144 valence electrons. The lowest BCUT2D eigenvalue weighted by atomic mass is 10.1. The van der Waals surface area contributed by atoms with Crippen LogP contribution in [-0.2, 0) is 0 Å². The second-order valence-electron chi connectivity index (χ2n) is 7.07. The Morgan fingerprint density at radius 3 is 2.50 bits per heavy atom. The van der Waals surface area contributed by atoms with Gasteiger partial charge in [0, 0.05) is 43.5 Å². The molecule has 2 amide bonds. The van der Waals surface area contributed by atoms with Crippen LogP contribution in [0.3, 0.4) is 0 Å². The predicted octanol–water partition coefficient (Wildman–Crippen LogP) is 4.31. The number of aryl methyl sites for hydroxylation is 1. The van der Waals surface area contributed by atoms with Crippen molar-refractivity contribution in [2.45, 2.75) is 13.8 Å². The Morgan fingerprint density at radius 1 is 1.00 bits per heavy atom. The van der Waals surface area contributed by atoms with Crippen molar-refractivity contribution in [1.29, 1.82) is 0 Å². The van der Waals surface area contributed by atoms with Crippen molar-refractivity contribution >= 4 is 17.5 Å². The van der Waals surface area contributed by atoms with Crippen molar-refractivity contribution in [3.8, 4) is 11.3 Å². The third-order valence-electron chi connectivity index (χ3n) is 5.29. The molecule has 3 aromatic rings. The highest BCUT2D eigenvalue weighted by molar-refractivity contribution is 5.89. The Bertz CT molecular complexity index is 960. The van der Waals surface area contributed by atoms with Crippen molar-refractivity contribution in [3.05, 3.63) is 65.7 Å². The van der Waals surface area contributed by atoms with E-state index in [-0.39, 0.29) is 6.03 Å². The number of carbonyl (C=O) groups excluding carboxylic acids is 1. The maximum atomic E-state index is 12.6. The van der Waals surface area contributed by atoms with Gasteiger partial charge in [0.15, 0.2) is 11.6 Å². The number of amides is 2. The molecule has 0 bridgehead atoms. The minimum absolute atomic E-state index is 0.145. The molecule has 0 radical (unpaired) electrons. The van der Waals surface area contributed by atoms with E-state index in [1.165, 1.54) is 16.8 Å². The molecule has 0 atom stereocenters. The first kappa shape index (κ1) is 18.1. The average Bonchev–Trinajstić information content (AvgIpc) is 3.19. The van der Waals surface area contributed by atoms with Crippen molar-refractivity contribution in [2.75, 3.05) is 36.4 Å². The van der Waals surface area contributed by atoms with Crippen molar-refractivity contribution in [3.63, 3.8) is 0 Å². The first-order chi connectivity index (χ1) is 13.6. The molecule has 0 spiro atoms. The van der Waals surface area contributed by atoms with Crippen LogP contribution in [0.25, 0.3) is 11.3 Å². The van der Waals surface area contributed by atoms with E-state index in [0.717, 1.165) is 18.7 Å². The minimum atomic E-state index is -0.145. The van der Waals surface area contributed by atoms with Crippen molar-refractivity contribution in [1.82, 2.24) is 10.1 Å². The number of aromatic nitrogens is 1. The summed E-state index contributed by atoms with van der Waals surface area (Å²) in [6, 6.07) is 17.7. The molecule has 0 aliphatic carbocycles. The molecule has 1 aliphatic rings. The van der Waals surface area contributed by atoms with Gasteiger partial charge in [-0.25, -0.2) is 4.79 Å². The largest absolute Gasteiger partial charge is 0.368 e. The van der Waals surface area contributed by atoms with Gasteiger partial charge >= 0.3 is 6.03 Å². The molecule has 2 heterocycles. The first-order valence-electron chi connectivity index (χ1n) is 9.51. The zero-order chi connectivity index (χ0) is 19.5. The topological polar surface area (TPSA) is 61.6 Å². The maximum absolute atomic E-state index is 12.6. The number of rotatable bonds is 3. The standard InChI is InChI=1S/C22H24N4O2/c1-16-7-6-10-19(17(16)2)25-11-13-26(14-12-25)22(27)23-21-15-20(28-24-21)18-8-4-3-5-9-18/h3-10,15H,11-14H2,1-2H3,(H,23,24,27). The zero-order valence-electron chi connectivity index (χ0n) is 16.2. The van der Waals surface area contributed by atoms with Gasteiger partial charge < -0.3 is 14.3 Å². The third-order valence-corrected chi connectivity index (χ3v) is 5.29. The van der Waals surface area contributed by atoms with E-state index in [1.54, 1.807) is 6.07 Å². The number of nitrogens with one attached hydrogen (secondary N) is 1. The second kappa shape index (κ2) is 7.76. The number of hydrogen-bond donors (Lipinski definition) is 1. The van der Waals surface area contributed by atoms with E-state index in [2.05, 4.69) is 47.4 Å². The van der Waals surface area contributed by atoms with Crippen molar-refractivity contribution in [2.24, 2.45) is 0 Å². The van der Waals surface area contributed by atoms with Crippen LogP contribution >= 0.6 is 0 Å². The molecule has 1 aromatic heterocycles. The second-order valence-corrected chi connectivity index (χ2v) is 7.07. The van der Waals surface area contributed by atoms with Gasteiger partial charge in [-0.3, -0.25) is 5.32 Å². The molecule has 1 aliphatic heterocycles. The van der Waals surface area contributed by atoms with Gasteiger partial charge in [-0.05, 0) is 31.0 Å². The van der Waals surface area contributed by atoms with Gasteiger partial charge in [0.1, 0.15) is 0 Å². The minimum Gasteiger partial charge on any atom is -0.368 e. The van der Waals surface area contributed by atoms with Crippen LogP contribution in [0.1, 0.15) is 11.1 Å². The summed E-state index contributed by atoms with van der Waals surface area (Å²) in [5.41, 5.74) is 4.77. The summed E-state index contributed by atoms with van der Waals surface area (Å²) in [6.07, 6.45) is 0. The Balaban J connectivity index is 1.36. The van der Waals surface area contributed by atoms with Gasteiger partial charge in [-0.15, -0.1) is 0 Å². The number of hydrogen-bond acceptors (Lipinski definition) is 4. The van der Waals surface area contributed by atoms with Crippen LogP contribution in [0.2, 0.25) is 0 Å². The Hall–Kier alpha value is -3.28. The molecule has 0 saturated carbocycles. The molecule has 6 heteroatoms. The average molecular weight is 376 g/mol. The van der Waals surface area contributed by atoms with E-state index in [9.17, 15) is 4.79 Å². The van der Waals surface area contributed by atoms with Crippen LogP contribution in [0.15, 0.2) is 59.1 Å². The van der Waals surface area contributed by atoms with E-state index < -0.39 is 0 Å². The molecular weight excluding hydrogens is 352 g/mol.